The Bertz CT molecular complexity index is 50.3. The van der Waals surface area contributed by atoms with Crippen molar-refractivity contribution >= 4 is 42.9 Å². The van der Waals surface area contributed by atoms with Crippen LogP contribution < -0.4 is 0 Å². The maximum atomic E-state index is 2.38. The average Bonchev–Trinajstić information content (AvgIpc) is 1.90. The molecule has 0 unspecified atom stereocenters. The van der Waals surface area contributed by atoms with E-state index in [0.717, 1.165) is 0 Å². The van der Waals surface area contributed by atoms with Crippen molar-refractivity contribution in [3.63, 3.8) is 0 Å². The monoisotopic (exact) mass is 362 g/mol. The standard InChI is InChI=1S/3C2H5.3CH3.2In/c3*1-2;;;;;/h3*1H2,2H3;3*1H3;;. The van der Waals surface area contributed by atoms with Crippen LogP contribution >= 0.6 is 0 Å². The molecule has 0 spiro atoms. The first-order chi connectivity index (χ1) is 5.08. The van der Waals surface area contributed by atoms with E-state index in [1.165, 1.54) is 0 Å². The zero-order chi connectivity index (χ0) is 9.28. The van der Waals surface area contributed by atoms with Gasteiger partial charge >= 0.3 is 90.2 Å². The molecule has 0 saturated carbocycles. The van der Waals surface area contributed by atoms with Gasteiger partial charge in [0.05, 0.1) is 0 Å². The Morgan fingerprint density at radius 3 is 0.909 bits per heavy atom. The summed E-state index contributed by atoms with van der Waals surface area (Å²) >= 11 is -1.40. The van der Waals surface area contributed by atoms with Crippen molar-refractivity contribution in [2.24, 2.45) is 0 Å². The summed E-state index contributed by atoms with van der Waals surface area (Å²) in [7, 11) is 0. The third-order valence-corrected chi connectivity index (χ3v) is 11.6. The minimum absolute atomic E-state index is 0.637. The maximum absolute atomic E-state index is 2.38. The Labute approximate surface area is 89.2 Å². The second-order valence-electron chi connectivity index (χ2n) is 3.82. The van der Waals surface area contributed by atoms with E-state index in [0.29, 0.717) is 0 Å². The van der Waals surface area contributed by atoms with Crippen molar-refractivity contribution in [3.8, 4) is 0 Å². The van der Waals surface area contributed by atoms with Crippen molar-refractivity contribution in [1.82, 2.24) is 0 Å². The van der Waals surface area contributed by atoms with Gasteiger partial charge in [-0.2, -0.15) is 0 Å². The molecule has 0 amide bonds. The summed E-state index contributed by atoms with van der Waals surface area (Å²) in [5, 5.41) is 0. The first kappa shape index (κ1) is 15.2. The van der Waals surface area contributed by atoms with Gasteiger partial charge in [-0.1, -0.05) is 0 Å². The summed E-state index contributed by atoms with van der Waals surface area (Å²) in [5.41, 5.74) is 0. The number of hydrogen-bond acceptors (Lipinski definition) is 0. The molecule has 66 valence electrons. The van der Waals surface area contributed by atoms with Gasteiger partial charge in [-0.3, -0.25) is 0 Å². The van der Waals surface area contributed by atoms with Crippen molar-refractivity contribution in [2.45, 2.75) is 47.3 Å². The van der Waals surface area contributed by atoms with Gasteiger partial charge in [0.15, 0.2) is 0 Å². The summed E-state index contributed by atoms with van der Waals surface area (Å²) in [6.45, 7) is 7.06. The Balaban J connectivity index is 0. The summed E-state index contributed by atoms with van der Waals surface area (Å²) < 4.78 is 11.8. The molecule has 11 heavy (non-hydrogen) atoms. The van der Waals surface area contributed by atoms with Gasteiger partial charge in [0.1, 0.15) is 0 Å². The van der Waals surface area contributed by atoms with Crippen molar-refractivity contribution < 1.29 is 0 Å². The molecule has 0 aromatic heterocycles. The van der Waals surface area contributed by atoms with Gasteiger partial charge in [0.2, 0.25) is 0 Å². The normalized spacial score (nSPS) is 8.18. The summed E-state index contributed by atoms with van der Waals surface area (Å²) in [4.78, 5) is 0. The van der Waals surface area contributed by atoms with Gasteiger partial charge < -0.3 is 0 Å². The van der Waals surface area contributed by atoms with Crippen LogP contribution in [-0.4, -0.2) is 42.9 Å². The molecular weight excluding hydrogens is 338 g/mol. The molecule has 0 saturated heterocycles. The van der Waals surface area contributed by atoms with Crippen LogP contribution in [0.15, 0.2) is 0 Å². The van der Waals surface area contributed by atoms with Gasteiger partial charge in [-0.25, -0.2) is 0 Å². The quantitative estimate of drug-likeness (QED) is 0.715. The topological polar surface area (TPSA) is 0 Å². The molecule has 0 radical (unpaired) electrons. The minimum atomic E-state index is -0.764. The number of rotatable bonds is 3. The number of hydrogen-bond donors (Lipinski definition) is 0. The summed E-state index contributed by atoms with van der Waals surface area (Å²) in [6.07, 6.45) is 0. The van der Waals surface area contributed by atoms with Crippen LogP contribution in [0.1, 0.15) is 20.8 Å². The molecule has 0 nitrogen and oxygen atoms in total. The Morgan fingerprint density at radius 2 is 0.909 bits per heavy atom. The molecule has 0 aliphatic heterocycles. The first-order valence-electron chi connectivity index (χ1n) is 5.08. The van der Waals surface area contributed by atoms with Crippen molar-refractivity contribution in [3.05, 3.63) is 0 Å². The molecule has 0 heterocycles. The molecule has 0 bridgehead atoms. The first-order valence-corrected chi connectivity index (χ1v) is 22.0. The van der Waals surface area contributed by atoms with E-state index in [4.69, 9.17) is 0 Å². The van der Waals surface area contributed by atoms with Crippen molar-refractivity contribution in [1.29, 1.82) is 0 Å². The molecule has 0 aromatic carbocycles. The zero-order valence-electron chi connectivity index (χ0n) is 9.28. The fraction of sp³-hybridized carbons (Fsp3) is 1.00. The third-order valence-electron chi connectivity index (χ3n) is 1.73. The molecule has 0 N–H and O–H groups in total. The zero-order valence-corrected chi connectivity index (χ0v) is 15.9. The predicted octanol–water partition coefficient (Wildman–Crippen LogP) is 3.91. The van der Waals surface area contributed by atoms with E-state index in [1.54, 1.807) is 12.5 Å². The molecular formula is C9H24In2. The van der Waals surface area contributed by atoms with Crippen LogP contribution in [0.4, 0.5) is 0 Å². The van der Waals surface area contributed by atoms with Gasteiger partial charge in [-0.05, 0) is 0 Å². The van der Waals surface area contributed by atoms with E-state index < -0.39 is 42.9 Å². The van der Waals surface area contributed by atoms with Crippen LogP contribution in [0.2, 0.25) is 26.6 Å². The molecule has 0 atom stereocenters. The summed E-state index contributed by atoms with van der Waals surface area (Å²) in [5.74, 6) is 0. The molecule has 0 aromatic rings. The summed E-state index contributed by atoms with van der Waals surface area (Å²) in [6, 6.07) is 0. The van der Waals surface area contributed by atoms with Crippen LogP contribution in [0.3, 0.4) is 0 Å². The average molecular weight is 362 g/mol. The van der Waals surface area contributed by atoms with Gasteiger partial charge in [0, 0.05) is 0 Å². The Morgan fingerprint density at radius 1 is 0.727 bits per heavy atom. The fourth-order valence-corrected chi connectivity index (χ4v) is 5.81. The van der Waals surface area contributed by atoms with E-state index in [9.17, 15) is 0 Å². The Hall–Kier alpha value is 1.74. The molecule has 0 aliphatic carbocycles. The van der Waals surface area contributed by atoms with E-state index in [2.05, 4.69) is 34.8 Å². The van der Waals surface area contributed by atoms with Crippen molar-refractivity contribution in [2.75, 3.05) is 0 Å². The SMILES string of the molecule is C[CH2][In]([CH2]C)[CH2]C.[CH3][In]([CH3])[CH3]. The van der Waals surface area contributed by atoms with E-state index in [-0.39, 0.29) is 0 Å². The second-order valence-corrected chi connectivity index (χ2v) is 25.6. The van der Waals surface area contributed by atoms with Crippen LogP contribution in [0.25, 0.3) is 0 Å². The van der Waals surface area contributed by atoms with Crippen LogP contribution in [0, 0.1) is 0 Å². The molecule has 0 fully saturated rings. The molecule has 0 rings (SSSR count). The van der Waals surface area contributed by atoms with Gasteiger partial charge in [0.25, 0.3) is 0 Å². The van der Waals surface area contributed by atoms with Crippen LogP contribution in [-0.2, 0) is 0 Å². The van der Waals surface area contributed by atoms with E-state index in [1.807, 2.05) is 0 Å². The van der Waals surface area contributed by atoms with Gasteiger partial charge in [-0.15, -0.1) is 0 Å². The fourth-order valence-electron chi connectivity index (χ4n) is 0.866. The Kier molecular flexibility index (Phi) is 16.2. The van der Waals surface area contributed by atoms with E-state index >= 15 is 0 Å². The predicted molar refractivity (Wildman–Crippen MR) is 60.5 cm³/mol. The molecule has 2 heteroatoms. The van der Waals surface area contributed by atoms with Crippen LogP contribution in [0.5, 0.6) is 0 Å². The third kappa shape index (κ3) is 18.6. The second kappa shape index (κ2) is 11.7. The molecule has 0 aliphatic rings.